The number of rotatable bonds is 5. The molecule has 0 fully saturated rings. The van der Waals surface area contributed by atoms with Crippen LogP contribution in [-0.4, -0.2) is 27.4 Å². The Hall–Kier alpha value is -1.16. The van der Waals surface area contributed by atoms with Crippen LogP contribution in [0.5, 0.6) is 11.5 Å². The molecule has 0 radical (unpaired) electrons. The SMILES string of the molecule is COc1cc(NCCF)c(OC)cc1Cl. The number of anilines is 1. The number of benzene rings is 1. The van der Waals surface area contributed by atoms with Crippen molar-refractivity contribution in [3.63, 3.8) is 0 Å². The Labute approximate surface area is 93.1 Å². The quantitative estimate of drug-likeness (QED) is 0.848. The summed E-state index contributed by atoms with van der Waals surface area (Å²) in [6.07, 6.45) is 0. The fourth-order valence-corrected chi connectivity index (χ4v) is 1.41. The Kier molecular flexibility index (Phi) is 4.49. The van der Waals surface area contributed by atoms with E-state index in [1.807, 2.05) is 0 Å². The predicted molar refractivity (Wildman–Crippen MR) is 59.0 cm³/mol. The number of methoxy groups -OCH3 is 2. The van der Waals surface area contributed by atoms with Gasteiger partial charge in [-0.2, -0.15) is 0 Å². The van der Waals surface area contributed by atoms with Crippen LogP contribution in [0.1, 0.15) is 0 Å². The molecule has 5 heteroatoms. The number of ether oxygens (including phenoxy) is 2. The van der Waals surface area contributed by atoms with E-state index in [0.29, 0.717) is 22.2 Å². The molecule has 0 aliphatic carbocycles. The van der Waals surface area contributed by atoms with Gasteiger partial charge in [-0.3, -0.25) is 0 Å². The second kappa shape index (κ2) is 5.66. The zero-order chi connectivity index (χ0) is 11.3. The van der Waals surface area contributed by atoms with Crippen molar-refractivity contribution >= 4 is 17.3 Å². The molecule has 1 N–H and O–H groups in total. The molecule has 0 aliphatic rings. The minimum absolute atomic E-state index is 0.223. The van der Waals surface area contributed by atoms with E-state index in [4.69, 9.17) is 21.1 Å². The first-order valence-electron chi connectivity index (χ1n) is 4.44. The fourth-order valence-electron chi connectivity index (χ4n) is 1.18. The lowest BCUT2D eigenvalue weighted by Crippen LogP contribution is -2.04. The molecule has 0 bridgehead atoms. The minimum atomic E-state index is -0.450. The highest BCUT2D eigenvalue weighted by atomic mass is 35.5. The molecule has 0 saturated heterocycles. The molecule has 1 rings (SSSR count). The maximum Gasteiger partial charge on any atom is 0.143 e. The molecule has 1 aromatic rings. The zero-order valence-corrected chi connectivity index (χ0v) is 9.40. The lowest BCUT2D eigenvalue weighted by atomic mass is 10.2. The van der Waals surface area contributed by atoms with Gasteiger partial charge in [0.1, 0.15) is 18.2 Å². The molecule has 0 atom stereocenters. The smallest absolute Gasteiger partial charge is 0.143 e. The van der Waals surface area contributed by atoms with E-state index in [1.54, 1.807) is 12.1 Å². The van der Waals surface area contributed by atoms with Gasteiger partial charge in [0.2, 0.25) is 0 Å². The van der Waals surface area contributed by atoms with Crippen LogP contribution in [0.4, 0.5) is 10.1 Å². The van der Waals surface area contributed by atoms with Gasteiger partial charge < -0.3 is 14.8 Å². The topological polar surface area (TPSA) is 30.5 Å². The Balaban J connectivity index is 2.99. The van der Waals surface area contributed by atoms with Crippen molar-refractivity contribution in [2.75, 3.05) is 32.8 Å². The predicted octanol–water partition coefficient (Wildman–Crippen LogP) is 2.74. The van der Waals surface area contributed by atoms with Gasteiger partial charge in [0.05, 0.1) is 24.9 Å². The molecule has 3 nitrogen and oxygen atoms in total. The molecule has 0 aliphatic heterocycles. The summed E-state index contributed by atoms with van der Waals surface area (Å²) in [4.78, 5) is 0. The molecule has 0 amide bonds. The van der Waals surface area contributed by atoms with Gasteiger partial charge in [-0.05, 0) is 0 Å². The van der Waals surface area contributed by atoms with E-state index >= 15 is 0 Å². The van der Waals surface area contributed by atoms with Gasteiger partial charge in [0.15, 0.2) is 0 Å². The molecular weight excluding hydrogens is 221 g/mol. The van der Waals surface area contributed by atoms with Crippen LogP contribution in [0.3, 0.4) is 0 Å². The Morgan fingerprint density at radius 3 is 2.47 bits per heavy atom. The van der Waals surface area contributed by atoms with E-state index in [2.05, 4.69) is 5.32 Å². The summed E-state index contributed by atoms with van der Waals surface area (Å²) >= 11 is 5.91. The zero-order valence-electron chi connectivity index (χ0n) is 8.64. The summed E-state index contributed by atoms with van der Waals surface area (Å²) in [7, 11) is 3.05. The van der Waals surface area contributed by atoms with E-state index < -0.39 is 6.67 Å². The number of hydrogen-bond donors (Lipinski definition) is 1. The summed E-state index contributed by atoms with van der Waals surface area (Å²) in [5.74, 6) is 1.09. The first-order valence-corrected chi connectivity index (χ1v) is 4.82. The van der Waals surface area contributed by atoms with Crippen molar-refractivity contribution in [1.29, 1.82) is 0 Å². The van der Waals surface area contributed by atoms with Crippen LogP contribution in [0, 0.1) is 0 Å². The van der Waals surface area contributed by atoms with Crippen molar-refractivity contribution in [2.45, 2.75) is 0 Å². The fraction of sp³-hybridized carbons (Fsp3) is 0.400. The molecule has 84 valence electrons. The van der Waals surface area contributed by atoms with Crippen LogP contribution in [0.15, 0.2) is 12.1 Å². The molecule has 0 unspecified atom stereocenters. The molecule has 0 aromatic heterocycles. The summed E-state index contributed by atoms with van der Waals surface area (Å²) in [6, 6.07) is 3.30. The summed E-state index contributed by atoms with van der Waals surface area (Å²) in [5, 5.41) is 3.34. The van der Waals surface area contributed by atoms with E-state index in [1.165, 1.54) is 14.2 Å². The second-order valence-electron chi connectivity index (χ2n) is 2.80. The Morgan fingerprint density at radius 2 is 1.93 bits per heavy atom. The highest BCUT2D eigenvalue weighted by Crippen LogP contribution is 2.35. The maximum atomic E-state index is 12.0. The van der Waals surface area contributed by atoms with Crippen LogP contribution < -0.4 is 14.8 Å². The van der Waals surface area contributed by atoms with Gasteiger partial charge >= 0.3 is 0 Å². The first kappa shape index (κ1) is 11.9. The third kappa shape index (κ3) is 2.89. The monoisotopic (exact) mass is 233 g/mol. The molecule has 1 aromatic carbocycles. The third-order valence-corrected chi connectivity index (χ3v) is 2.18. The largest absolute Gasteiger partial charge is 0.495 e. The Bertz CT molecular complexity index is 333. The van der Waals surface area contributed by atoms with Gasteiger partial charge in [-0.25, -0.2) is 4.39 Å². The van der Waals surface area contributed by atoms with E-state index in [9.17, 15) is 4.39 Å². The van der Waals surface area contributed by atoms with Crippen molar-refractivity contribution < 1.29 is 13.9 Å². The molecule has 0 heterocycles. The highest BCUT2D eigenvalue weighted by molar-refractivity contribution is 6.32. The second-order valence-corrected chi connectivity index (χ2v) is 3.21. The minimum Gasteiger partial charge on any atom is -0.495 e. The number of nitrogens with one attached hydrogen (secondary N) is 1. The lowest BCUT2D eigenvalue weighted by molar-refractivity contribution is 0.404. The summed E-state index contributed by atoms with van der Waals surface area (Å²) in [5.41, 5.74) is 0.663. The third-order valence-electron chi connectivity index (χ3n) is 1.88. The number of hydrogen-bond acceptors (Lipinski definition) is 3. The van der Waals surface area contributed by atoms with Crippen molar-refractivity contribution in [3.05, 3.63) is 17.2 Å². The Morgan fingerprint density at radius 1 is 1.27 bits per heavy atom. The van der Waals surface area contributed by atoms with Crippen molar-refractivity contribution in [3.8, 4) is 11.5 Å². The van der Waals surface area contributed by atoms with Crippen molar-refractivity contribution in [1.82, 2.24) is 0 Å². The van der Waals surface area contributed by atoms with Gasteiger partial charge in [-0.15, -0.1) is 0 Å². The van der Waals surface area contributed by atoms with Crippen molar-refractivity contribution in [2.24, 2.45) is 0 Å². The lowest BCUT2D eigenvalue weighted by Gasteiger charge is -2.12. The molecule has 0 spiro atoms. The molecule has 15 heavy (non-hydrogen) atoms. The van der Waals surface area contributed by atoms with E-state index in [-0.39, 0.29) is 6.54 Å². The first-order chi connectivity index (χ1) is 7.22. The van der Waals surface area contributed by atoms with Crippen LogP contribution in [-0.2, 0) is 0 Å². The highest BCUT2D eigenvalue weighted by Gasteiger charge is 2.08. The molecule has 0 saturated carbocycles. The van der Waals surface area contributed by atoms with Gasteiger partial charge in [0.25, 0.3) is 0 Å². The standard InChI is InChI=1S/C10H13ClFNO2/c1-14-9-6-8(13-4-3-12)10(15-2)5-7(9)11/h5-6,13H,3-4H2,1-2H3. The van der Waals surface area contributed by atoms with Crippen LogP contribution in [0.2, 0.25) is 5.02 Å². The van der Waals surface area contributed by atoms with Gasteiger partial charge in [0, 0.05) is 18.7 Å². The number of halogens is 2. The summed E-state index contributed by atoms with van der Waals surface area (Å²) < 4.78 is 22.2. The average molecular weight is 234 g/mol. The average Bonchev–Trinajstić information content (AvgIpc) is 2.26. The normalized spacial score (nSPS) is 9.87. The van der Waals surface area contributed by atoms with Crippen LogP contribution >= 0.6 is 11.6 Å². The maximum absolute atomic E-state index is 12.0. The van der Waals surface area contributed by atoms with E-state index in [0.717, 1.165) is 0 Å². The van der Waals surface area contributed by atoms with Gasteiger partial charge in [-0.1, -0.05) is 11.6 Å². The van der Waals surface area contributed by atoms with Crippen LogP contribution in [0.25, 0.3) is 0 Å². The summed E-state index contributed by atoms with van der Waals surface area (Å²) in [6.45, 7) is -0.227. The number of alkyl halides is 1. The molecular formula is C10H13ClFNO2.